The van der Waals surface area contributed by atoms with Gasteiger partial charge in [0.05, 0.1) is 0 Å². The minimum Gasteiger partial charge on any atom is -0.478 e. The lowest BCUT2D eigenvalue weighted by Gasteiger charge is -2.26. The quantitative estimate of drug-likeness (QED) is 0.544. The first-order valence-electron chi connectivity index (χ1n) is 8.19. The fraction of sp³-hybridized carbons (Fsp3) is 0.286. The molecule has 2 rings (SSSR count). The molecule has 5 nitrogen and oxygen atoms in total. The van der Waals surface area contributed by atoms with E-state index >= 15 is 0 Å². The van der Waals surface area contributed by atoms with E-state index in [4.69, 9.17) is 14.9 Å². The van der Waals surface area contributed by atoms with Crippen molar-refractivity contribution in [3.63, 3.8) is 0 Å². The maximum absolute atomic E-state index is 9.60. The molecule has 2 aromatic carbocycles. The van der Waals surface area contributed by atoms with Crippen LogP contribution in [-0.2, 0) is 10.2 Å². The van der Waals surface area contributed by atoms with Gasteiger partial charge in [0.1, 0.15) is 12.4 Å². The SMILES string of the molecule is C=C(C)C(=O)O.CC(C)(c1ccccc1)c1ccc(OC(O)CO)cc1. The van der Waals surface area contributed by atoms with Gasteiger partial charge in [-0.2, -0.15) is 0 Å². The van der Waals surface area contributed by atoms with Crippen LogP contribution in [0.3, 0.4) is 0 Å². The van der Waals surface area contributed by atoms with Gasteiger partial charge in [-0.3, -0.25) is 0 Å². The number of benzene rings is 2. The summed E-state index contributed by atoms with van der Waals surface area (Å²) in [6.45, 7) is 8.52. The zero-order chi connectivity index (χ0) is 19.7. The predicted octanol–water partition coefficient (Wildman–Crippen LogP) is 3.35. The molecule has 0 aliphatic carbocycles. The van der Waals surface area contributed by atoms with Gasteiger partial charge in [-0.25, -0.2) is 4.79 Å². The molecule has 140 valence electrons. The lowest BCUT2D eigenvalue weighted by atomic mass is 9.78. The van der Waals surface area contributed by atoms with Gasteiger partial charge >= 0.3 is 5.97 Å². The van der Waals surface area contributed by atoms with Crippen molar-refractivity contribution < 1.29 is 24.9 Å². The van der Waals surface area contributed by atoms with Crippen LogP contribution in [0.2, 0.25) is 0 Å². The van der Waals surface area contributed by atoms with Crippen LogP contribution in [0.1, 0.15) is 31.9 Å². The van der Waals surface area contributed by atoms with Gasteiger partial charge in [0, 0.05) is 11.0 Å². The monoisotopic (exact) mass is 358 g/mol. The summed E-state index contributed by atoms with van der Waals surface area (Å²) in [6.07, 6.45) is -1.18. The van der Waals surface area contributed by atoms with Gasteiger partial charge in [-0.15, -0.1) is 0 Å². The van der Waals surface area contributed by atoms with Crippen molar-refractivity contribution in [3.05, 3.63) is 77.9 Å². The Bertz CT molecular complexity index is 693. The van der Waals surface area contributed by atoms with E-state index in [9.17, 15) is 9.90 Å². The highest BCUT2D eigenvalue weighted by atomic mass is 16.6. The zero-order valence-electron chi connectivity index (χ0n) is 15.3. The maximum atomic E-state index is 9.60. The van der Waals surface area contributed by atoms with Crippen LogP contribution in [0.25, 0.3) is 0 Å². The predicted molar refractivity (Wildman–Crippen MR) is 101 cm³/mol. The Labute approximate surface area is 154 Å². The molecule has 0 bridgehead atoms. The number of aliphatic hydroxyl groups excluding tert-OH is 2. The minimum atomic E-state index is -1.18. The van der Waals surface area contributed by atoms with Crippen LogP contribution in [0, 0.1) is 0 Å². The number of carboxylic acid groups (broad SMARTS) is 1. The molecule has 3 N–H and O–H groups in total. The van der Waals surface area contributed by atoms with E-state index in [1.807, 2.05) is 30.3 Å². The summed E-state index contributed by atoms with van der Waals surface area (Å²) in [5, 5.41) is 25.9. The van der Waals surface area contributed by atoms with Crippen molar-refractivity contribution in [1.29, 1.82) is 0 Å². The third-order valence-electron chi connectivity index (χ3n) is 3.86. The second-order valence-electron chi connectivity index (χ2n) is 6.36. The molecular formula is C21H26O5. The first-order chi connectivity index (χ1) is 12.2. The van der Waals surface area contributed by atoms with Gasteiger partial charge in [0.15, 0.2) is 0 Å². The van der Waals surface area contributed by atoms with E-state index in [2.05, 4.69) is 32.6 Å². The topological polar surface area (TPSA) is 87.0 Å². The van der Waals surface area contributed by atoms with Gasteiger partial charge in [0.25, 0.3) is 0 Å². The molecule has 5 heteroatoms. The molecule has 1 atom stereocenters. The van der Waals surface area contributed by atoms with Crippen LogP contribution in [0.5, 0.6) is 5.75 Å². The van der Waals surface area contributed by atoms with Crippen molar-refractivity contribution in [2.24, 2.45) is 0 Å². The largest absolute Gasteiger partial charge is 0.478 e. The Morgan fingerprint density at radius 3 is 1.96 bits per heavy atom. The summed E-state index contributed by atoms with van der Waals surface area (Å²) in [7, 11) is 0. The fourth-order valence-electron chi connectivity index (χ4n) is 2.17. The third-order valence-corrected chi connectivity index (χ3v) is 3.86. The van der Waals surface area contributed by atoms with E-state index in [0.29, 0.717) is 5.75 Å². The number of aliphatic hydroxyl groups is 2. The third kappa shape index (κ3) is 6.35. The number of hydrogen-bond donors (Lipinski definition) is 3. The van der Waals surface area contributed by atoms with Gasteiger partial charge in [0.2, 0.25) is 6.29 Å². The van der Waals surface area contributed by atoms with E-state index in [0.717, 1.165) is 5.56 Å². The van der Waals surface area contributed by atoms with Crippen LogP contribution in [-0.4, -0.2) is 34.2 Å². The lowest BCUT2D eigenvalue weighted by Crippen LogP contribution is -2.20. The van der Waals surface area contributed by atoms with Crippen LogP contribution in [0.4, 0.5) is 0 Å². The average Bonchev–Trinajstić information content (AvgIpc) is 2.63. The molecule has 0 spiro atoms. The highest BCUT2D eigenvalue weighted by Gasteiger charge is 2.22. The number of aliphatic carboxylic acids is 1. The molecule has 0 saturated carbocycles. The molecule has 2 aromatic rings. The lowest BCUT2D eigenvalue weighted by molar-refractivity contribution is -0.132. The fourth-order valence-corrected chi connectivity index (χ4v) is 2.17. The van der Waals surface area contributed by atoms with E-state index in [1.165, 1.54) is 12.5 Å². The highest BCUT2D eigenvalue weighted by molar-refractivity contribution is 5.84. The van der Waals surface area contributed by atoms with Crippen LogP contribution in [0.15, 0.2) is 66.7 Å². The summed E-state index contributed by atoms with van der Waals surface area (Å²) >= 11 is 0. The van der Waals surface area contributed by atoms with Crippen LogP contribution >= 0.6 is 0 Å². The number of carboxylic acids is 1. The Kier molecular flexibility index (Phi) is 8.03. The molecular weight excluding hydrogens is 332 g/mol. The Morgan fingerprint density at radius 2 is 1.54 bits per heavy atom. The second kappa shape index (κ2) is 9.75. The summed E-state index contributed by atoms with van der Waals surface area (Å²) in [4.78, 5) is 9.60. The molecule has 0 amide bonds. The van der Waals surface area contributed by atoms with Crippen molar-refractivity contribution >= 4 is 5.97 Å². The smallest absolute Gasteiger partial charge is 0.330 e. The molecule has 0 saturated heterocycles. The minimum absolute atomic E-state index is 0.102. The van der Waals surface area contributed by atoms with E-state index in [1.54, 1.807) is 12.1 Å². The maximum Gasteiger partial charge on any atom is 0.330 e. The molecule has 0 radical (unpaired) electrons. The zero-order valence-corrected chi connectivity index (χ0v) is 15.3. The van der Waals surface area contributed by atoms with Crippen molar-refractivity contribution in [2.45, 2.75) is 32.5 Å². The van der Waals surface area contributed by atoms with Gasteiger partial charge in [-0.1, -0.05) is 62.9 Å². The van der Waals surface area contributed by atoms with Crippen molar-refractivity contribution in [1.82, 2.24) is 0 Å². The van der Waals surface area contributed by atoms with E-state index in [-0.39, 0.29) is 11.0 Å². The number of rotatable bonds is 6. The molecule has 26 heavy (non-hydrogen) atoms. The van der Waals surface area contributed by atoms with Gasteiger partial charge < -0.3 is 20.1 Å². The Balaban J connectivity index is 0.000000487. The molecule has 0 fully saturated rings. The Hall–Kier alpha value is -2.63. The standard InChI is InChI=1S/C17H20O3.C4H6O2/c1-17(2,13-6-4-3-5-7-13)14-8-10-15(11-9-14)20-16(19)12-18;1-3(2)4(5)6/h3-11,16,18-19H,12H2,1-2H3;1H2,2H3,(H,5,6). The highest BCUT2D eigenvalue weighted by Crippen LogP contribution is 2.32. The normalized spacial score (nSPS) is 11.7. The first-order valence-corrected chi connectivity index (χ1v) is 8.19. The van der Waals surface area contributed by atoms with Crippen LogP contribution < -0.4 is 4.74 Å². The average molecular weight is 358 g/mol. The van der Waals surface area contributed by atoms with Crippen molar-refractivity contribution in [2.75, 3.05) is 6.61 Å². The summed E-state index contributed by atoms with van der Waals surface area (Å²) < 4.78 is 5.14. The molecule has 0 aliphatic heterocycles. The molecule has 1 unspecified atom stereocenters. The summed E-state index contributed by atoms with van der Waals surface area (Å²) in [6, 6.07) is 17.9. The Morgan fingerprint density at radius 1 is 1.08 bits per heavy atom. The summed E-state index contributed by atoms with van der Waals surface area (Å²) in [5.74, 6) is -0.394. The molecule has 0 aliphatic rings. The van der Waals surface area contributed by atoms with E-state index < -0.39 is 18.9 Å². The summed E-state index contributed by atoms with van der Waals surface area (Å²) in [5.41, 5.74) is 2.48. The first kappa shape index (κ1) is 21.4. The van der Waals surface area contributed by atoms with Gasteiger partial charge in [-0.05, 0) is 30.2 Å². The van der Waals surface area contributed by atoms with Crippen molar-refractivity contribution in [3.8, 4) is 5.75 Å². The number of carbonyl (C=O) groups is 1. The second-order valence-corrected chi connectivity index (χ2v) is 6.36. The number of hydrogen-bond acceptors (Lipinski definition) is 4. The molecule has 0 aromatic heterocycles. The number of ether oxygens (including phenoxy) is 1. The molecule has 0 heterocycles.